The van der Waals surface area contributed by atoms with Crippen LogP contribution in [0.15, 0.2) is 18.2 Å². The Morgan fingerprint density at radius 3 is 2.63 bits per heavy atom. The van der Waals surface area contributed by atoms with Gasteiger partial charge in [-0.1, -0.05) is 6.07 Å². The van der Waals surface area contributed by atoms with Crippen LogP contribution in [0.4, 0.5) is 0 Å². The summed E-state index contributed by atoms with van der Waals surface area (Å²) in [6.45, 7) is 1.87. The monoisotopic (exact) mass is 267 g/mol. The van der Waals surface area contributed by atoms with E-state index in [0.29, 0.717) is 13.0 Å². The van der Waals surface area contributed by atoms with Crippen LogP contribution in [0.5, 0.6) is 5.75 Å². The molecule has 6 nitrogen and oxygen atoms in total. The molecule has 1 aromatic rings. The number of hydrogen-bond acceptors (Lipinski definition) is 6. The third kappa shape index (κ3) is 4.69. The van der Waals surface area contributed by atoms with Crippen LogP contribution in [0.2, 0.25) is 0 Å². The second-order valence-electron chi connectivity index (χ2n) is 3.74. The van der Waals surface area contributed by atoms with Crippen molar-refractivity contribution >= 4 is 11.9 Å². The van der Waals surface area contributed by atoms with E-state index >= 15 is 0 Å². The van der Waals surface area contributed by atoms with Gasteiger partial charge in [-0.05, 0) is 24.1 Å². The molecule has 0 aliphatic carbocycles. The van der Waals surface area contributed by atoms with E-state index in [-0.39, 0.29) is 18.0 Å². The van der Waals surface area contributed by atoms with Gasteiger partial charge in [0.15, 0.2) is 0 Å². The average Bonchev–Trinajstić information content (AvgIpc) is 2.38. The summed E-state index contributed by atoms with van der Waals surface area (Å²) in [4.78, 5) is 22.6. The quantitative estimate of drug-likeness (QED) is 0.356. The molecule has 6 heteroatoms. The zero-order valence-electron chi connectivity index (χ0n) is 11.0. The summed E-state index contributed by atoms with van der Waals surface area (Å²) in [6, 6.07) is 4.93. The van der Waals surface area contributed by atoms with Gasteiger partial charge in [0.25, 0.3) is 0 Å². The van der Waals surface area contributed by atoms with Gasteiger partial charge in [0, 0.05) is 6.92 Å². The first-order chi connectivity index (χ1) is 9.08. The second kappa shape index (κ2) is 7.50. The first-order valence-electron chi connectivity index (χ1n) is 5.76. The number of carbonyl (C=O) groups is 2. The fraction of sp³-hybridized carbons (Fsp3) is 0.385. The van der Waals surface area contributed by atoms with Crippen LogP contribution in [0.25, 0.3) is 0 Å². The molecule has 0 radical (unpaired) electrons. The predicted octanol–water partition coefficient (Wildman–Crippen LogP) is 0.874. The molecule has 0 heterocycles. The Labute approximate surface area is 111 Å². The van der Waals surface area contributed by atoms with Crippen LogP contribution in [0.3, 0.4) is 0 Å². The molecule has 0 amide bonds. The summed E-state index contributed by atoms with van der Waals surface area (Å²) < 4.78 is 14.7. The molecule has 0 saturated carbocycles. The number of rotatable bonds is 6. The topological polar surface area (TPSA) is 87.8 Å². The molecule has 0 fully saturated rings. The van der Waals surface area contributed by atoms with Crippen LogP contribution >= 0.6 is 0 Å². The van der Waals surface area contributed by atoms with E-state index in [1.807, 2.05) is 0 Å². The first kappa shape index (κ1) is 15.1. The lowest BCUT2D eigenvalue weighted by Crippen LogP contribution is -2.10. The third-order valence-electron chi connectivity index (χ3n) is 2.36. The maximum absolute atomic E-state index is 11.5. The van der Waals surface area contributed by atoms with Crippen molar-refractivity contribution in [3.05, 3.63) is 29.3 Å². The lowest BCUT2D eigenvalue weighted by Gasteiger charge is -2.10. The Morgan fingerprint density at radius 1 is 1.32 bits per heavy atom. The lowest BCUT2D eigenvalue weighted by atomic mass is 10.1. The minimum absolute atomic E-state index is 0.150. The van der Waals surface area contributed by atoms with Crippen molar-refractivity contribution < 1.29 is 23.8 Å². The molecule has 0 unspecified atom stereocenters. The van der Waals surface area contributed by atoms with Crippen molar-refractivity contribution in [2.45, 2.75) is 13.3 Å². The molecule has 0 bridgehead atoms. The Hall–Kier alpha value is -1.92. The van der Waals surface area contributed by atoms with Gasteiger partial charge in [-0.25, -0.2) is 4.79 Å². The molecule has 1 rings (SSSR count). The van der Waals surface area contributed by atoms with Crippen LogP contribution in [-0.2, 0) is 20.7 Å². The molecular weight excluding hydrogens is 250 g/mol. The summed E-state index contributed by atoms with van der Waals surface area (Å²) in [5, 5.41) is 0. The van der Waals surface area contributed by atoms with E-state index in [9.17, 15) is 9.59 Å². The average molecular weight is 267 g/mol. The second-order valence-corrected chi connectivity index (χ2v) is 3.74. The number of ether oxygens (including phenoxy) is 3. The van der Waals surface area contributed by atoms with Gasteiger partial charge in [-0.15, -0.1) is 0 Å². The normalized spacial score (nSPS) is 10.1. The van der Waals surface area contributed by atoms with E-state index < -0.39 is 11.9 Å². The summed E-state index contributed by atoms with van der Waals surface area (Å²) in [7, 11) is 1.27. The van der Waals surface area contributed by atoms with Gasteiger partial charge in [-0.2, -0.15) is 0 Å². The first-order valence-corrected chi connectivity index (χ1v) is 5.76. The highest BCUT2D eigenvalue weighted by Crippen LogP contribution is 2.22. The predicted molar refractivity (Wildman–Crippen MR) is 67.8 cm³/mol. The standard InChI is InChI=1S/C13H17NO5/c1-9(15)19-12-7-10(5-6-18-8-14)3-4-11(12)13(16)17-2/h3-4,7H,5-6,8,14H2,1-2H3. The van der Waals surface area contributed by atoms with Crippen LogP contribution in [0.1, 0.15) is 22.8 Å². The fourth-order valence-electron chi connectivity index (χ4n) is 1.51. The van der Waals surface area contributed by atoms with Gasteiger partial charge in [-0.3, -0.25) is 4.79 Å². The number of benzene rings is 1. The summed E-state index contributed by atoms with van der Waals surface area (Å²) in [5.74, 6) is -0.869. The van der Waals surface area contributed by atoms with Gasteiger partial charge in [0.1, 0.15) is 11.3 Å². The van der Waals surface area contributed by atoms with Crippen LogP contribution in [-0.4, -0.2) is 32.4 Å². The van der Waals surface area contributed by atoms with E-state index in [0.717, 1.165) is 5.56 Å². The molecule has 0 aliphatic heterocycles. The number of methoxy groups -OCH3 is 1. The Morgan fingerprint density at radius 2 is 2.05 bits per heavy atom. The van der Waals surface area contributed by atoms with Gasteiger partial charge < -0.3 is 19.9 Å². The van der Waals surface area contributed by atoms with Crippen molar-refractivity contribution in [2.75, 3.05) is 20.4 Å². The molecule has 0 spiro atoms. The van der Waals surface area contributed by atoms with E-state index in [2.05, 4.69) is 4.74 Å². The Balaban J connectivity index is 2.94. The van der Waals surface area contributed by atoms with Gasteiger partial charge in [0.05, 0.1) is 20.4 Å². The fourth-order valence-corrected chi connectivity index (χ4v) is 1.51. The number of carbonyl (C=O) groups excluding carboxylic acids is 2. The zero-order chi connectivity index (χ0) is 14.3. The van der Waals surface area contributed by atoms with E-state index in [1.165, 1.54) is 14.0 Å². The molecule has 104 valence electrons. The van der Waals surface area contributed by atoms with Gasteiger partial charge in [0.2, 0.25) is 0 Å². The SMILES string of the molecule is COC(=O)c1ccc(CCOCN)cc1OC(C)=O. The minimum Gasteiger partial charge on any atom is -0.465 e. The molecule has 19 heavy (non-hydrogen) atoms. The largest absolute Gasteiger partial charge is 0.465 e. The lowest BCUT2D eigenvalue weighted by molar-refractivity contribution is -0.131. The minimum atomic E-state index is -0.555. The highest BCUT2D eigenvalue weighted by atomic mass is 16.5. The van der Waals surface area contributed by atoms with Crippen LogP contribution in [0, 0.1) is 0 Å². The molecule has 1 aromatic carbocycles. The highest BCUT2D eigenvalue weighted by molar-refractivity contribution is 5.93. The van der Waals surface area contributed by atoms with Crippen molar-refractivity contribution in [2.24, 2.45) is 5.73 Å². The van der Waals surface area contributed by atoms with Crippen LogP contribution < -0.4 is 10.5 Å². The summed E-state index contributed by atoms with van der Waals surface area (Å²) >= 11 is 0. The molecule has 2 N–H and O–H groups in total. The van der Waals surface area contributed by atoms with Gasteiger partial charge >= 0.3 is 11.9 Å². The number of nitrogens with two attached hydrogens (primary N) is 1. The van der Waals surface area contributed by atoms with Crippen molar-refractivity contribution in [1.29, 1.82) is 0 Å². The highest BCUT2D eigenvalue weighted by Gasteiger charge is 2.15. The van der Waals surface area contributed by atoms with Crippen molar-refractivity contribution in [1.82, 2.24) is 0 Å². The van der Waals surface area contributed by atoms with E-state index in [4.69, 9.17) is 15.2 Å². The molecule has 0 aromatic heterocycles. The Kier molecular flexibility index (Phi) is 5.98. The van der Waals surface area contributed by atoms with Crippen molar-refractivity contribution in [3.8, 4) is 5.75 Å². The molecule has 0 saturated heterocycles. The maximum atomic E-state index is 11.5. The number of esters is 2. The van der Waals surface area contributed by atoms with Crippen molar-refractivity contribution in [3.63, 3.8) is 0 Å². The zero-order valence-corrected chi connectivity index (χ0v) is 11.0. The van der Waals surface area contributed by atoms with E-state index in [1.54, 1.807) is 18.2 Å². The maximum Gasteiger partial charge on any atom is 0.341 e. The molecule has 0 atom stereocenters. The third-order valence-corrected chi connectivity index (χ3v) is 2.36. The smallest absolute Gasteiger partial charge is 0.341 e. The summed E-state index contributed by atoms with van der Waals surface area (Å²) in [5.41, 5.74) is 6.30. The number of hydrogen-bond donors (Lipinski definition) is 1. The summed E-state index contributed by atoms with van der Waals surface area (Å²) in [6.07, 6.45) is 0.604. The molecule has 0 aliphatic rings. The Bertz CT molecular complexity index is 458. The molecular formula is C13H17NO5.